The molecule has 86 valence electrons. The van der Waals surface area contributed by atoms with Gasteiger partial charge in [-0.25, -0.2) is 4.79 Å². The Hall–Kier alpha value is -1.84. The lowest BCUT2D eigenvalue weighted by Crippen LogP contribution is -2.26. The van der Waals surface area contributed by atoms with Crippen LogP contribution in [0.15, 0.2) is 30.3 Å². The molecular weight excluding hydrogens is 208 g/mol. The fraction of sp³-hybridized carbons (Fsp3) is 0.333. The van der Waals surface area contributed by atoms with E-state index < -0.39 is 18.0 Å². The number of esters is 1. The first-order chi connectivity index (χ1) is 7.59. The summed E-state index contributed by atoms with van der Waals surface area (Å²) in [7, 11) is 0. The lowest BCUT2D eigenvalue weighted by atomic mass is 10.1. The van der Waals surface area contributed by atoms with Crippen LogP contribution in [0.1, 0.15) is 18.9 Å². The van der Waals surface area contributed by atoms with Crippen LogP contribution in [-0.2, 0) is 20.7 Å². The Morgan fingerprint density at radius 2 is 1.94 bits per heavy atom. The van der Waals surface area contributed by atoms with E-state index in [1.54, 1.807) is 0 Å². The van der Waals surface area contributed by atoms with Crippen LogP contribution >= 0.6 is 0 Å². The zero-order valence-corrected chi connectivity index (χ0v) is 9.05. The van der Waals surface area contributed by atoms with Gasteiger partial charge in [0.05, 0.1) is 0 Å². The van der Waals surface area contributed by atoms with Gasteiger partial charge in [-0.1, -0.05) is 30.3 Å². The Balaban J connectivity index is 2.50. The number of hydrogen-bond donors (Lipinski definition) is 1. The predicted octanol–water partition coefficient (Wildman–Crippen LogP) is 1.64. The summed E-state index contributed by atoms with van der Waals surface area (Å²) in [4.78, 5) is 21.5. The molecule has 16 heavy (non-hydrogen) atoms. The van der Waals surface area contributed by atoms with E-state index in [-0.39, 0.29) is 0 Å². The molecule has 1 aromatic rings. The van der Waals surface area contributed by atoms with Gasteiger partial charge in [0.25, 0.3) is 0 Å². The quantitative estimate of drug-likeness (QED) is 0.769. The van der Waals surface area contributed by atoms with Gasteiger partial charge in [-0.05, 0) is 18.4 Å². The average Bonchev–Trinajstić information content (AvgIpc) is 2.25. The fourth-order valence-electron chi connectivity index (χ4n) is 1.38. The molecule has 1 aromatic carbocycles. The third kappa shape index (κ3) is 4.13. The molecule has 0 aliphatic rings. The highest BCUT2D eigenvalue weighted by Crippen LogP contribution is 2.08. The van der Waals surface area contributed by atoms with Crippen molar-refractivity contribution in [2.24, 2.45) is 0 Å². The zero-order chi connectivity index (χ0) is 12.0. The van der Waals surface area contributed by atoms with E-state index in [1.165, 1.54) is 6.92 Å². The molecule has 0 unspecified atom stereocenters. The number of rotatable bonds is 5. The summed E-state index contributed by atoms with van der Waals surface area (Å²) in [6, 6.07) is 9.48. The Morgan fingerprint density at radius 1 is 1.31 bits per heavy atom. The van der Waals surface area contributed by atoms with Gasteiger partial charge >= 0.3 is 11.9 Å². The molecule has 0 aliphatic carbocycles. The van der Waals surface area contributed by atoms with Gasteiger partial charge in [0.2, 0.25) is 0 Å². The first-order valence-corrected chi connectivity index (χ1v) is 5.03. The van der Waals surface area contributed by atoms with Crippen LogP contribution in [0.25, 0.3) is 0 Å². The molecule has 0 aromatic heterocycles. The monoisotopic (exact) mass is 222 g/mol. The second-order valence-electron chi connectivity index (χ2n) is 3.46. The second kappa shape index (κ2) is 5.90. The van der Waals surface area contributed by atoms with Crippen LogP contribution in [0.5, 0.6) is 0 Å². The number of carbonyl (C=O) groups excluding carboxylic acids is 1. The molecule has 1 atom stereocenters. The Bertz CT molecular complexity index is 359. The van der Waals surface area contributed by atoms with Gasteiger partial charge in [0.15, 0.2) is 6.10 Å². The van der Waals surface area contributed by atoms with Crippen molar-refractivity contribution in [1.29, 1.82) is 0 Å². The van der Waals surface area contributed by atoms with E-state index in [4.69, 9.17) is 9.84 Å². The molecule has 0 spiro atoms. The van der Waals surface area contributed by atoms with Crippen molar-refractivity contribution in [2.75, 3.05) is 0 Å². The van der Waals surface area contributed by atoms with Crippen molar-refractivity contribution in [1.82, 2.24) is 0 Å². The molecule has 0 saturated carbocycles. The molecule has 0 saturated heterocycles. The molecule has 4 nitrogen and oxygen atoms in total. The smallest absolute Gasteiger partial charge is 0.345 e. The molecule has 0 amide bonds. The summed E-state index contributed by atoms with van der Waals surface area (Å²) in [6.45, 7) is 1.21. The highest BCUT2D eigenvalue weighted by molar-refractivity contribution is 5.76. The van der Waals surface area contributed by atoms with E-state index >= 15 is 0 Å². The lowest BCUT2D eigenvalue weighted by molar-refractivity contribution is -0.162. The fourth-order valence-corrected chi connectivity index (χ4v) is 1.38. The standard InChI is InChI=1S/C12H14O4/c1-9(13)16-11(12(14)15)8-7-10-5-3-2-4-6-10/h2-6,11H,7-8H2,1H3,(H,14,15)/t11-/m0/s1. The summed E-state index contributed by atoms with van der Waals surface area (Å²) in [6.07, 6.45) is -0.193. The number of hydrogen-bond acceptors (Lipinski definition) is 3. The number of aryl methyl sites for hydroxylation is 1. The van der Waals surface area contributed by atoms with Gasteiger partial charge in [-0.3, -0.25) is 4.79 Å². The van der Waals surface area contributed by atoms with E-state index in [1.807, 2.05) is 30.3 Å². The maximum atomic E-state index is 10.8. The molecule has 4 heteroatoms. The summed E-state index contributed by atoms with van der Waals surface area (Å²) in [5.41, 5.74) is 1.03. The topological polar surface area (TPSA) is 63.6 Å². The van der Waals surface area contributed by atoms with Crippen molar-refractivity contribution in [3.63, 3.8) is 0 Å². The number of benzene rings is 1. The summed E-state index contributed by atoms with van der Waals surface area (Å²) >= 11 is 0. The average molecular weight is 222 g/mol. The minimum absolute atomic E-state index is 0.291. The molecule has 0 fully saturated rings. The van der Waals surface area contributed by atoms with Crippen LogP contribution in [0.2, 0.25) is 0 Å². The highest BCUT2D eigenvalue weighted by atomic mass is 16.6. The van der Waals surface area contributed by atoms with Gasteiger partial charge < -0.3 is 9.84 Å². The number of aliphatic carboxylic acids is 1. The van der Waals surface area contributed by atoms with Crippen LogP contribution in [0.4, 0.5) is 0 Å². The third-order valence-corrected chi connectivity index (χ3v) is 2.12. The summed E-state index contributed by atoms with van der Waals surface area (Å²) < 4.78 is 4.70. The van der Waals surface area contributed by atoms with Gasteiger partial charge in [0.1, 0.15) is 0 Å². The number of ether oxygens (including phenoxy) is 1. The number of carbonyl (C=O) groups is 2. The minimum atomic E-state index is -1.11. The van der Waals surface area contributed by atoms with E-state index in [2.05, 4.69) is 0 Å². The van der Waals surface area contributed by atoms with Crippen LogP contribution in [0.3, 0.4) is 0 Å². The SMILES string of the molecule is CC(=O)O[C@@H](CCc1ccccc1)C(=O)O. The van der Waals surface area contributed by atoms with E-state index in [0.717, 1.165) is 5.56 Å². The van der Waals surface area contributed by atoms with E-state index in [0.29, 0.717) is 12.8 Å². The Labute approximate surface area is 93.9 Å². The van der Waals surface area contributed by atoms with Crippen molar-refractivity contribution in [2.45, 2.75) is 25.9 Å². The highest BCUT2D eigenvalue weighted by Gasteiger charge is 2.19. The maximum absolute atomic E-state index is 10.8. The third-order valence-electron chi connectivity index (χ3n) is 2.12. The van der Waals surface area contributed by atoms with Gasteiger partial charge in [-0.2, -0.15) is 0 Å². The van der Waals surface area contributed by atoms with Crippen molar-refractivity contribution < 1.29 is 19.4 Å². The molecule has 1 N–H and O–H groups in total. The van der Waals surface area contributed by atoms with Gasteiger partial charge in [-0.15, -0.1) is 0 Å². The number of carboxylic acids is 1. The largest absolute Gasteiger partial charge is 0.479 e. The number of carboxylic acid groups (broad SMARTS) is 1. The molecule has 0 radical (unpaired) electrons. The molecular formula is C12H14O4. The second-order valence-corrected chi connectivity index (χ2v) is 3.46. The normalized spacial score (nSPS) is 11.8. The van der Waals surface area contributed by atoms with Gasteiger partial charge in [0, 0.05) is 6.92 Å². The minimum Gasteiger partial charge on any atom is -0.479 e. The molecule has 0 aliphatic heterocycles. The van der Waals surface area contributed by atoms with Crippen LogP contribution < -0.4 is 0 Å². The van der Waals surface area contributed by atoms with Crippen molar-refractivity contribution in [3.05, 3.63) is 35.9 Å². The molecule has 0 heterocycles. The predicted molar refractivity (Wildman–Crippen MR) is 58.0 cm³/mol. The summed E-state index contributed by atoms with van der Waals surface area (Å²) in [5.74, 6) is -1.67. The lowest BCUT2D eigenvalue weighted by Gasteiger charge is -2.12. The molecule has 0 bridgehead atoms. The van der Waals surface area contributed by atoms with Crippen molar-refractivity contribution >= 4 is 11.9 Å². The summed E-state index contributed by atoms with van der Waals surface area (Å²) in [5, 5.41) is 8.82. The van der Waals surface area contributed by atoms with Crippen LogP contribution in [0, 0.1) is 0 Å². The first kappa shape index (κ1) is 12.2. The maximum Gasteiger partial charge on any atom is 0.345 e. The van der Waals surface area contributed by atoms with E-state index in [9.17, 15) is 9.59 Å². The Kier molecular flexibility index (Phi) is 4.51. The van der Waals surface area contributed by atoms with Crippen molar-refractivity contribution in [3.8, 4) is 0 Å². The van der Waals surface area contributed by atoms with Crippen LogP contribution in [-0.4, -0.2) is 23.1 Å². The first-order valence-electron chi connectivity index (χ1n) is 5.03. The molecule has 1 rings (SSSR count). The zero-order valence-electron chi connectivity index (χ0n) is 9.05. The Morgan fingerprint density at radius 3 is 2.44 bits per heavy atom.